The Morgan fingerprint density at radius 1 is 1.10 bits per heavy atom. The van der Waals surface area contributed by atoms with Gasteiger partial charge in [-0.25, -0.2) is 4.39 Å². The fourth-order valence-corrected chi connectivity index (χ4v) is 2.71. The lowest BCUT2D eigenvalue weighted by Gasteiger charge is -2.43. The molecule has 2 heterocycles. The Hall–Kier alpha value is -1.17. The summed E-state index contributed by atoms with van der Waals surface area (Å²) in [6, 6.07) is 6.97. The largest absolute Gasteiger partial charge is 0.492 e. The lowest BCUT2D eigenvalue weighted by molar-refractivity contribution is 0.0663. The molecule has 2 fully saturated rings. The summed E-state index contributed by atoms with van der Waals surface area (Å²) in [7, 11) is 0. The van der Waals surface area contributed by atoms with Crippen LogP contribution >= 0.6 is 0 Å². The maximum Gasteiger partial charge on any atom is 0.123 e. The molecule has 20 heavy (non-hydrogen) atoms. The van der Waals surface area contributed by atoms with Crippen molar-refractivity contribution in [2.45, 2.75) is 6.04 Å². The van der Waals surface area contributed by atoms with Crippen molar-refractivity contribution in [3.8, 4) is 5.75 Å². The minimum atomic E-state index is -0.223. The summed E-state index contributed by atoms with van der Waals surface area (Å²) >= 11 is 0. The summed E-state index contributed by atoms with van der Waals surface area (Å²) in [5, 5.41) is 3.32. The number of hydrogen-bond donors (Lipinski definition) is 1. The highest BCUT2D eigenvalue weighted by molar-refractivity contribution is 5.21. The van der Waals surface area contributed by atoms with Gasteiger partial charge in [0, 0.05) is 51.9 Å². The molecule has 0 amide bonds. The average Bonchev–Trinajstić information content (AvgIpc) is 2.41. The van der Waals surface area contributed by atoms with Crippen molar-refractivity contribution in [1.82, 2.24) is 15.1 Å². The van der Waals surface area contributed by atoms with Gasteiger partial charge in [-0.05, 0) is 24.3 Å². The summed E-state index contributed by atoms with van der Waals surface area (Å²) in [6.07, 6.45) is 0. The van der Waals surface area contributed by atoms with Gasteiger partial charge in [0.15, 0.2) is 0 Å². The second kappa shape index (κ2) is 6.52. The van der Waals surface area contributed by atoms with Crippen LogP contribution in [0.5, 0.6) is 5.75 Å². The van der Waals surface area contributed by atoms with E-state index in [-0.39, 0.29) is 5.82 Å². The Labute approximate surface area is 119 Å². The van der Waals surface area contributed by atoms with Gasteiger partial charge in [0.25, 0.3) is 0 Å². The van der Waals surface area contributed by atoms with Gasteiger partial charge in [-0.3, -0.25) is 9.80 Å². The molecule has 5 heteroatoms. The van der Waals surface area contributed by atoms with Crippen molar-refractivity contribution >= 4 is 0 Å². The van der Waals surface area contributed by atoms with Crippen molar-refractivity contribution in [3.63, 3.8) is 0 Å². The third kappa shape index (κ3) is 3.48. The number of nitrogens with zero attached hydrogens (tertiary/aromatic N) is 2. The molecule has 1 aromatic carbocycles. The van der Waals surface area contributed by atoms with E-state index in [9.17, 15) is 4.39 Å². The topological polar surface area (TPSA) is 27.7 Å². The van der Waals surface area contributed by atoms with Gasteiger partial charge in [0.2, 0.25) is 0 Å². The number of rotatable bonds is 5. The molecular weight excluding hydrogens is 257 g/mol. The van der Waals surface area contributed by atoms with E-state index in [4.69, 9.17) is 4.74 Å². The molecule has 0 saturated carbocycles. The van der Waals surface area contributed by atoms with Crippen LogP contribution in [0.2, 0.25) is 0 Å². The quantitative estimate of drug-likeness (QED) is 0.862. The summed E-state index contributed by atoms with van der Waals surface area (Å²) in [4.78, 5) is 5.01. The zero-order chi connectivity index (χ0) is 13.8. The van der Waals surface area contributed by atoms with Crippen LogP contribution < -0.4 is 10.1 Å². The third-order valence-electron chi connectivity index (χ3n) is 4.17. The fraction of sp³-hybridized carbons (Fsp3) is 0.600. The smallest absolute Gasteiger partial charge is 0.123 e. The van der Waals surface area contributed by atoms with Gasteiger partial charge in [-0.2, -0.15) is 0 Å². The predicted octanol–water partition coefficient (Wildman–Crippen LogP) is 0.794. The Morgan fingerprint density at radius 2 is 1.80 bits per heavy atom. The number of ether oxygens (including phenoxy) is 1. The molecule has 0 unspecified atom stereocenters. The Bertz CT molecular complexity index is 414. The van der Waals surface area contributed by atoms with Crippen LogP contribution in [0.15, 0.2) is 24.3 Å². The first kappa shape index (κ1) is 13.8. The molecule has 0 atom stereocenters. The second-order valence-electron chi connectivity index (χ2n) is 5.49. The first-order valence-electron chi connectivity index (χ1n) is 7.37. The van der Waals surface area contributed by atoms with Crippen LogP contribution in [0.3, 0.4) is 0 Å². The molecule has 110 valence electrons. The zero-order valence-electron chi connectivity index (χ0n) is 11.7. The standard InChI is InChI=1S/C15H22FN3O/c16-13-1-3-15(4-2-13)20-10-9-18-5-7-19(8-6-18)14-11-17-12-14/h1-4,14,17H,5-12H2. The first-order valence-corrected chi connectivity index (χ1v) is 7.37. The summed E-state index contributed by atoms with van der Waals surface area (Å²) in [5.41, 5.74) is 0. The van der Waals surface area contributed by atoms with Gasteiger partial charge >= 0.3 is 0 Å². The van der Waals surface area contributed by atoms with Crippen LogP contribution in [0.4, 0.5) is 4.39 Å². The highest BCUT2D eigenvalue weighted by atomic mass is 19.1. The molecule has 0 radical (unpaired) electrons. The van der Waals surface area contributed by atoms with Crippen molar-refractivity contribution in [1.29, 1.82) is 0 Å². The first-order chi connectivity index (χ1) is 9.81. The molecule has 0 aliphatic carbocycles. The van der Waals surface area contributed by atoms with Gasteiger partial charge in [0.1, 0.15) is 18.2 Å². The number of nitrogens with one attached hydrogen (secondary N) is 1. The second-order valence-corrected chi connectivity index (χ2v) is 5.49. The molecule has 1 aromatic rings. The van der Waals surface area contributed by atoms with E-state index in [2.05, 4.69) is 15.1 Å². The Kier molecular flexibility index (Phi) is 4.50. The molecule has 4 nitrogen and oxygen atoms in total. The van der Waals surface area contributed by atoms with Gasteiger partial charge in [-0.1, -0.05) is 0 Å². The number of piperazine rings is 1. The zero-order valence-corrected chi connectivity index (χ0v) is 11.7. The molecule has 0 bridgehead atoms. The van der Waals surface area contributed by atoms with Crippen LogP contribution in [0, 0.1) is 5.82 Å². The van der Waals surface area contributed by atoms with Crippen molar-refractivity contribution in [3.05, 3.63) is 30.1 Å². The predicted molar refractivity (Wildman–Crippen MR) is 76.6 cm³/mol. The molecule has 0 spiro atoms. The minimum Gasteiger partial charge on any atom is -0.492 e. The third-order valence-corrected chi connectivity index (χ3v) is 4.17. The molecule has 0 aromatic heterocycles. The van der Waals surface area contributed by atoms with E-state index < -0.39 is 0 Å². The van der Waals surface area contributed by atoms with Crippen molar-refractivity contribution in [2.24, 2.45) is 0 Å². The maximum atomic E-state index is 12.8. The Balaban J connectivity index is 1.34. The van der Waals surface area contributed by atoms with E-state index in [0.29, 0.717) is 6.61 Å². The molecular formula is C15H22FN3O. The van der Waals surface area contributed by atoms with E-state index in [1.807, 2.05) is 0 Å². The molecule has 1 N–H and O–H groups in total. The molecule has 3 rings (SSSR count). The van der Waals surface area contributed by atoms with Crippen LogP contribution in [0.1, 0.15) is 0 Å². The number of halogens is 1. The monoisotopic (exact) mass is 279 g/mol. The summed E-state index contributed by atoms with van der Waals surface area (Å²) < 4.78 is 18.4. The van der Waals surface area contributed by atoms with Crippen LogP contribution in [0.25, 0.3) is 0 Å². The number of hydrogen-bond acceptors (Lipinski definition) is 4. The molecule has 2 aliphatic rings. The highest BCUT2D eigenvalue weighted by Crippen LogP contribution is 2.12. The summed E-state index contributed by atoms with van der Waals surface area (Å²) in [6.45, 7) is 8.43. The fourth-order valence-electron chi connectivity index (χ4n) is 2.71. The minimum absolute atomic E-state index is 0.223. The molecule has 2 saturated heterocycles. The van der Waals surface area contributed by atoms with E-state index in [1.54, 1.807) is 12.1 Å². The summed E-state index contributed by atoms with van der Waals surface area (Å²) in [5.74, 6) is 0.518. The van der Waals surface area contributed by atoms with E-state index >= 15 is 0 Å². The lowest BCUT2D eigenvalue weighted by atomic mass is 10.1. The van der Waals surface area contributed by atoms with Crippen LogP contribution in [-0.4, -0.2) is 68.3 Å². The van der Waals surface area contributed by atoms with Gasteiger partial charge < -0.3 is 10.1 Å². The normalized spacial score (nSPS) is 21.6. The van der Waals surface area contributed by atoms with E-state index in [1.165, 1.54) is 12.1 Å². The van der Waals surface area contributed by atoms with Crippen LogP contribution in [-0.2, 0) is 0 Å². The molecule has 2 aliphatic heterocycles. The maximum absolute atomic E-state index is 12.8. The number of benzene rings is 1. The Morgan fingerprint density at radius 3 is 2.40 bits per heavy atom. The highest BCUT2D eigenvalue weighted by Gasteiger charge is 2.27. The van der Waals surface area contributed by atoms with Crippen molar-refractivity contribution in [2.75, 3.05) is 52.4 Å². The average molecular weight is 279 g/mol. The van der Waals surface area contributed by atoms with Crippen molar-refractivity contribution < 1.29 is 9.13 Å². The SMILES string of the molecule is Fc1ccc(OCCN2CCN(C3CNC3)CC2)cc1. The lowest BCUT2D eigenvalue weighted by Crippen LogP contribution is -2.61. The van der Waals surface area contributed by atoms with Gasteiger partial charge in [-0.15, -0.1) is 0 Å². The van der Waals surface area contributed by atoms with Gasteiger partial charge in [0.05, 0.1) is 0 Å². The van der Waals surface area contributed by atoms with E-state index in [0.717, 1.165) is 57.6 Å².